The maximum atomic E-state index is 13.2. The van der Waals surface area contributed by atoms with Crippen molar-refractivity contribution in [3.05, 3.63) is 52.5 Å². The SMILES string of the molecule is N#Cc1ccc(Oc2cc3c(cc2Cl)C[C@@H](C(=O)O)[C@@H](C(F)(F)F)O3)cc1. The summed E-state index contributed by atoms with van der Waals surface area (Å²) in [4.78, 5) is 11.2. The van der Waals surface area contributed by atoms with E-state index in [1.807, 2.05) is 6.07 Å². The summed E-state index contributed by atoms with van der Waals surface area (Å²) in [5.41, 5.74) is 0.662. The summed E-state index contributed by atoms with van der Waals surface area (Å²) in [5, 5.41) is 18.0. The second-order valence-corrected chi connectivity index (χ2v) is 6.26. The van der Waals surface area contributed by atoms with Crippen LogP contribution >= 0.6 is 11.6 Å². The summed E-state index contributed by atoms with van der Waals surface area (Å²) in [6.45, 7) is 0. The van der Waals surface area contributed by atoms with Crippen LogP contribution in [0, 0.1) is 17.2 Å². The van der Waals surface area contributed by atoms with Gasteiger partial charge in [0.1, 0.15) is 23.2 Å². The van der Waals surface area contributed by atoms with Gasteiger partial charge < -0.3 is 14.6 Å². The minimum absolute atomic E-state index is 0.0508. The molecule has 2 aromatic rings. The van der Waals surface area contributed by atoms with Gasteiger partial charge in [0.15, 0.2) is 0 Å². The highest BCUT2D eigenvalue weighted by Gasteiger charge is 2.52. The maximum Gasteiger partial charge on any atom is 0.426 e. The van der Waals surface area contributed by atoms with E-state index in [2.05, 4.69) is 0 Å². The average molecular weight is 398 g/mol. The monoisotopic (exact) mass is 397 g/mol. The summed E-state index contributed by atoms with van der Waals surface area (Å²) in [7, 11) is 0. The van der Waals surface area contributed by atoms with Crippen molar-refractivity contribution >= 4 is 17.6 Å². The molecular weight excluding hydrogens is 387 g/mol. The van der Waals surface area contributed by atoms with E-state index in [-0.39, 0.29) is 28.5 Å². The molecule has 2 aromatic carbocycles. The third kappa shape index (κ3) is 3.93. The number of benzene rings is 2. The fraction of sp³-hybridized carbons (Fsp3) is 0.222. The van der Waals surface area contributed by atoms with Crippen LogP contribution in [0.15, 0.2) is 36.4 Å². The van der Waals surface area contributed by atoms with Crippen molar-refractivity contribution in [1.82, 2.24) is 0 Å². The Morgan fingerprint density at radius 1 is 1.30 bits per heavy atom. The van der Waals surface area contributed by atoms with Crippen molar-refractivity contribution in [2.24, 2.45) is 5.92 Å². The predicted molar refractivity (Wildman–Crippen MR) is 88.0 cm³/mol. The molecule has 5 nitrogen and oxygen atoms in total. The number of hydrogen-bond donors (Lipinski definition) is 1. The van der Waals surface area contributed by atoms with E-state index < -0.39 is 24.2 Å². The molecule has 0 amide bonds. The largest absolute Gasteiger partial charge is 0.481 e. The molecular formula is C18H11ClF3NO4. The van der Waals surface area contributed by atoms with Crippen LogP contribution in [0.4, 0.5) is 13.2 Å². The molecule has 0 aliphatic carbocycles. The highest BCUT2D eigenvalue weighted by atomic mass is 35.5. The zero-order valence-electron chi connectivity index (χ0n) is 13.5. The summed E-state index contributed by atoms with van der Waals surface area (Å²) < 4.78 is 50.0. The molecule has 0 radical (unpaired) electrons. The normalized spacial score (nSPS) is 18.8. The third-order valence-corrected chi connectivity index (χ3v) is 4.32. The molecule has 0 spiro atoms. The zero-order valence-corrected chi connectivity index (χ0v) is 14.2. The molecule has 1 heterocycles. The number of rotatable bonds is 3. The number of fused-ring (bicyclic) bond motifs is 1. The molecule has 1 aliphatic heterocycles. The van der Waals surface area contributed by atoms with Crippen LogP contribution in [0.3, 0.4) is 0 Å². The van der Waals surface area contributed by atoms with Crippen LogP contribution in [-0.4, -0.2) is 23.4 Å². The number of aliphatic carboxylic acids is 1. The standard InChI is InChI=1S/C18H11ClF3NO4/c19-13-6-10-5-12(17(24)25)16(18(20,21)22)27-14(10)7-15(13)26-11-3-1-9(8-23)2-4-11/h1-4,6-7,12,16H,5H2,(H,24,25)/t12-,16+/m1/s1. The number of nitriles is 1. The number of carbonyl (C=O) groups is 1. The Balaban J connectivity index is 1.93. The quantitative estimate of drug-likeness (QED) is 0.820. The number of hydrogen-bond acceptors (Lipinski definition) is 4. The number of alkyl halides is 3. The fourth-order valence-electron chi connectivity index (χ4n) is 2.72. The summed E-state index contributed by atoms with van der Waals surface area (Å²) in [5.74, 6) is -3.13. The van der Waals surface area contributed by atoms with E-state index >= 15 is 0 Å². The minimum Gasteiger partial charge on any atom is -0.481 e. The molecule has 0 saturated heterocycles. The van der Waals surface area contributed by atoms with Gasteiger partial charge in [-0.25, -0.2) is 0 Å². The van der Waals surface area contributed by atoms with Crippen molar-refractivity contribution < 1.29 is 32.5 Å². The summed E-state index contributed by atoms with van der Waals surface area (Å²) in [6, 6.07) is 10.5. The molecule has 9 heteroatoms. The van der Waals surface area contributed by atoms with Gasteiger partial charge in [-0.3, -0.25) is 4.79 Å². The van der Waals surface area contributed by atoms with E-state index in [0.717, 1.165) is 0 Å². The van der Waals surface area contributed by atoms with E-state index in [9.17, 15) is 18.0 Å². The number of halogens is 4. The smallest absolute Gasteiger partial charge is 0.426 e. The molecule has 3 rings (SSSR count). The van der Waals surface area contributed by atoms with E-state index in [1.54, 1.807) is 0 Å². The molecule has 1 aliphatic rings. The molecule has 2 atom stereocenters. The molecule has 0 saturated carbocycles. The Morgan fingerprint density at radius 3 is 2.52 bits per heavy atom. The predicted octanol–water partition coefficient (Wildman–Crippen LogP) is 4.57. The van der Waals surface area contributed by atoms with Gasteiger partial charge in [0, 0.05) is 6.07 Å². The number of nitrogens with zero attached hydrogens (tertiary/aromatic N) is 1. The first-order valence-corrected chi connectivity index (χ1v) is 8.03. The number of ether oxygens (including phenoxy) is 2. The van der Waals surface area contributed by atoms with Crippen LogP contribution in [0.2, 0.25) is 5.02 Å². The minimum atomic E-state index is -4.84. The first-order valence-electron chi connectivity index (χ1n) is 7.65. The van der Waals surface area contributed by atoms with Gasteiger partial charge in [-0.05, 0) is 42.3 Å². The molecule has 0 aromatic heterocycles. The van der Waals surface area contributed by atoms with Gasteiger partial charge in [0.2, 0.25) is 6.10 Å². The fourth-order valence-corrected chi connectivity index (χ4v) is 2.95. The Kier molecular flexibility index (Phi) is 4.89. The van der Waals surface area contributed by atoms with Crippen LogP contribution in [0.1, 0.15) is 11.1 Å². The van der Waals surface area contributed by atoms with Crippen LogP contribution in [0.25, 0.3) is 0 Å². The highest BCUT2D eigenvalue weighted by Crippen LogP contribution is 2.43. The van der Waals surface area contributed by atoms with Gasteiger partial charge in [-0.15, -0.1) is 0 Å². The van der Waals surface area contributed by atoms with Crippen molar-refractivity contribution in [2.75, 3.05) is 0 Å². The maximum absolute atomic E-state index is 13.2. The summed E-state index contributed by atoms with van der Waals surface area (Å²) in [6.07, 6.45) is -7.67. The van der Waals surface area contributed by atoms with Crippen molar-refractivity contribution in [2.45, 2.75) is 18.7 Å². The lowest BCUT2D eigenvalue weighted by Crippen LogP contribution is -2.47. The highest BCUT2D eigenvalue weighted by molar-refractivity contribution is 6.32. The van der Waals surface area contributed by atoms with Crippen molar-refractivity contribution in [3.63, 3.8) is 0 Å². The Hall–Kier alpha value is -2.92. The zero-order chi connectivity index (χ0) is 19.8. The molecule has 140 valence electrons. The van der Waals surface area contributed by atoms with Crippen LogP contribution in [-0.2, 0) is 11.2 Å². The van der Waals surface area contributed by atoms with E-state index in [4.69, 9.17) is 31.4 Å². The second kappa shape index (κ2) is 7.00. The van der Waals surface area contributed by atoms with Gasteiger partial charge in [0.25, 0.3) is 0 Å². The third-order valence-electron chi connectivity index (χ3n) is 4.03. The van der Waals surface area contributed by atoms with Crippen molar-refractivity contribution in [1.29, 1.82) is 5.26 Å². The van der Waals surface area contributed by atoms with Gasteiger partial charge in [-0.2, -0.15) is 18.4 Å². The van der Waals surface area contributed by atoms with Crippen molar-refractivity contribution in [3.8, 4) is 23.3 Å². The van der Waals surface area contributed by atoms with Gasteiger partial charge >= 0.3 is 12.1 Å². The Morgan fingerprint density at radius 2 is 1.96 bits per heavy atom. The Labute approximate surface area is 156 Å². The molecule has 0 unspecified atom stereocenters. The number of carboxylic acids is 1. The molecule has 0 fully saturated rings. The second-order valence-electron chi connectivity index (χ2n) is 5.86. The van der Waals surface area contributed by atoms with Crippen LogP contribution < -0.4 is 9.47 Å². The topological polar surface area (TPSA) is 79.5 Å². The molecule has 0 bridgehead atoms. The van der Waals surface area contributed by atoms with E-state index in [1.165, 1.54) is 36.4 Å². The lowest BCUT2D eigenvalue weighted by atomic mass is 9.90. The molecule has 27 heavy (non-hydrogen) atoms. The lowest BCUT2D eigenvalue weighted by molar-refractivity contribution is -0.217. The lowest BCUT2D eigenvalue weighted by Gasteiger charge is -2.32. The number of carboxylic acid groups (broad SMARTS) is 1. The van der Waals surface area contributed by atoms with Gasteiger partial charge in [0.05, 0.1) is 16.7 Å². The van der Waals surface area contributed by atoms with Gasteiger partial charge in [-0.1, -0.05) is 11.6 Å². The van der Waals surface area contributed by atoms with E-state index in [0.29, 0.717) is 11.3 Å². The first kappa shape index (κ1) is 18.9. The van der Waals surface area contributed by atoms with Crippen LogP contribution in [0.5, 0.6) is 17.2 Å². The molecule has 1 N–H and O–H groups in total. The summed E-state index contributed by atoms with van der Waals surface area (Å²) >= 11 is 6.12. The Bertz CT molecular complexity index is 922. The first-order chi connectivity index (χ1) is 12.7. The average Bonchev–Trinajstić information content (AvgIpc) is 2.61.